The number of pyridine rings is 1. The molecule has 0 fully saturated rings. The van der Waals surface area contributed by atoms with Gasteiger partial charge in [-0.05, 0) is 18.4 Å². The Balaban J connectivity index is 2.97. The van der Waals surface area contributed by atoms with E-state index in [1.165, 1.54) is 19.2 Å². The number of amides is 2. The average Bonchev–Trinajstić information content (AvgIpc) is 2.45. The van der Waals surface area contributed by atoms with E-state index in [2.05, 4.69) is 15.6 Å². The fourth-order valence-corrected chi connectivity index (χ4v) is 2.07. The molecule has 1 aromatic rings. The van der Waals surface area contributed by atoms with E-state index < -0.39 is 23.6 Å². The van der Waals surface area contributed by atoms with Gasteiger partial charge in [0.25, 0.3) is 11.5 Å². The second-order valence-corrected chi connectivity index (χ2v) is 5.54. The van der Waals surface area contributed by atoms with Gasteiger partial charge < -0.3 is 20.7 Å². The SMILES string of the molecule is CCC(NC(=O)c1cc(NC(C)=O)c[nH]c1=O)C(O)C(C)C. The molecule has 1 rings (SSSR count). The second-order valence-electron chi connectivity index (χ2n) is 5.54. The predicted octanol–water partition coefficient (Wildman–Crippen LogP) is 0.859. The van der Waals surface area contributed by atoms with Crippen LogP contribution in [0.2, 0.25) is 0 Å². The molecule has 7 heteroatoms. The molecule has 0 bridgehead atoms. The lowest BCUT2D eigenvalue weighted by atomic mass is 9.97. The van der Waals surface area contributed by atoms with Crippen molar-refractivity contribution in [2.24, 2.45) is 5.92 Å². The zero-order valence-corrected chi connectivity index (χ0v) is 13.3. The minimum absolute atomic E-state index is 0.0192. The summed E-state index contributed by atoms with van der Waals surface area (Å²) in [5.74, 6) is -0.908. The molecule has 122 valence electrons. The fraction of sp³-hybridized carbons (Fsp3) is 0.533. The lowest BCUT2D eigenvalue weighted by Crippen LogP contribution is -2.46. The molecule has 0 aliphatic rings. The highest BCUT2D eigenvalue weighted by Gasteiger charge is 2.24. The van der Waals surface area contributed by atoms with Crippen LogP contribution in [0.25, 0.3) is 0 Å². The molecule has 0 aliphatic carbocycles. The van der Waals surface area contributed by atoms with Crippen molar-refractivity contribution in [2.75, 3.05) is 5.32 Å². The molecule has 0 saturated heterocycles. The smallest absolute Gasteiger partial charge is 0.260 e. The molecule has 0 radical (unpaired) electrons. The Morgan fingerprint density at radius 3 is 2.50 bits per heavy atom. The summed E-state index contributed by atoms with van der Waals surface area (Å²) in [5, 5.41) is 15.2. The van der Waals surface area contributed by atoms with E-state index in [1.807, 2.05) is 20.8 Å². The van der Waals surface area contributed by atoms with Crippen molar-refractivity contribution in [3.63, 3.8) is 0 Å². The second kappa shape index (κ2) is 7.74. The number of carbonyl (C=O) groups is 2. The first-order chi connectivity index (χ1) is 10.3. The van der Waals surface area contributed by atoms with Gasteiger partial charge in [-0.15, -0.1) is 0 Å². The summed E-state index contributed by atoms with van der Waals surface area (Å²) >= 11 is 0. The Morgan fingerprint density at radius 2 is 2.00 bits per heavy atom. The molecular formula is C15H23N3O4. The monoisotopic (exact) mass is 309 g/mol. The van der Waals surface area contributed by atoms with Crippen LogP contribution < -0.4 is 16.2 Å². The number of aliphatic hydroxyl groups is 1. The number of anilines is 1. The number of aromatic nitrogens is 1. The molecule has 1 aromatic heterocycles. The highest BCUT2D eigenvalue weighted by atomic mass is 16.3. The van der Waals surface area contributed by atoms with E-state index >= 15 is 0 Å². The molecule has 1 heterocycles. The fourth-order valence-electron chi connectivity index (χ4n) is 2.07. The van der Waals surface area contributed by atoms with Crippen LogP contribution in [-0.4, -0.2) is 34.1 Å². The first-order valence-corrected chi connectivity index (χ1v) is 7.25. The Labute approximate surface area is 129 Å². The Bertz CT molecular complexity index is 595. The normalized spacial score (nSPS) is 13.5. The maximum atomic E-state index is 12.2. The number of hydrogen-bond acceptors (Lipinski definition) is 4. The Hall–Kier alpha value is -2.15. The van der Waals surface area contributed by atoms with Gasteiger partial charge in [-0.3, -0.25) is 14.4 Å². The van der Waals surface area contributed by atoms with Crippen LogP contribution in [0.5, 0.6) is 0 Å². The van der Waals surface area contributed by atoms with E-state index in [4.69, 9.17) is 0 Å². The third-order valence-electron chi connectivity index (χ3n) is 3.32. The standard InChI is InChI=1S/C15H23N3O4/c1-5-12(13(20)8(2)3)18-15(22)11-6-10(17-9(4)19)7-16-14(11)21/h6-8,12-13,20H,5H2,1-4H3,(H,16,21)(H,17,19)(H,18,22). The van der Waals surface area contributed by atoms with Gasteiger partial charge in [0.15, 0.2) is 0 Å². The lowest BCUT2D eigenvalue weighted by Gasteiger charge is -2.25. The Kier molecular flexibility index (Phi) is 6.30. The minimum atomic E-state index is -0.702. The van der Waals surface area contributed by atoms with Gasteiger partial charge in [0.1, 0.15) is 5.56 Å². The summed E-state index contributed by atoms with van der Waals surface area (Å²) < 4.78 is 0. The molecule has 0 aliphatic heterocycles. The number of aromatic amines is 1. The number of H-pyrrole nitrogens is 1. The summed E-state index contributed by atoms with van der Waals surface area (Å²) in [4.78, 5) is 37.5. The van der Waals surface area contributed by atoms with Gasteiger partial charge in [0.05, 0.1) is 17.8 Å². The molecular weight excluding hydrogens is 286 g/mol. The maximum Gasteiger partial charge on any atom is 0.260 e. The van der Waals surface area contributed by atoms with Crippen molar-refractivity contribution >= 4 is 17.5 Å². The summed E-state index contributed by atoms with van der Waals surface area (Å²) in [6.07, 6.45) is 1.15. The summed E-state index contributed by atoms with van der Waals surface area (Å²) in [5.41, 5.74) is -0.337. The molecule has 0 spiro atoms. The van der Waals surface area contributed by atoms with Gasteiger partial charge in [0.2, 0.25) is 5.91 Å². The van der Waals surface area contributed by atoms with E-state index in [1.54, 1.807) is 0 Å². The number of rotatable bonds is 6. The highest BCUT2D eigenvalue weighted by Crippen LogP contribution is 2.11. The van der Waals surface area contributed by atoms with Crippen LogP contribution >= 0.6 is 0 Å². The number of aliphatic hydroxyl groups excluding tert-OH is 1. The van der Waals surface area contributed by atoms with Crippen LogP contribution in [0.3, 0.4) is 0 Å². The van der Waals surface area contributed by atoms with Crippen LogP contribution in [0.15, 0.2) is 17.1 Å². The number of carbonyl (C=O) groups excluding carboxylic acids is 2. The van der Waals surface area contributed by atoms with Crippen LogP contribution in [-0.2, 0) is 4.79 Å². The highest BCUT2D eigenvalue weighted by molar-refractivity contribution is 5.96. The number of hydrogen-bond donors (Lipinski definition) is 4. The first-order valence-electron chi connectivity index (χ1n) is 7.25. The van der Waals surface area contributed by atoms with E-state index in [9.17, 15) is 19.5 Å². The summed E-state index contributed by atoms with van der Waals surface area (Å²) in [7, 11) is 0. The van der Waals surface area contributed by atoms with E-state index in [0.29, 0.717) is 12.1 Å². The van der Waals surface area contributed by atoms with Crippen molar-refractivity contribution in [1.29, 1.82) is 0 Å². The summed E-state index contributed by atoms with van der Waals surface area (Å²) in [6.45, 7) is 6.87. The van der Waals surface area contributed by atoms with Crippen LogP contribution in [0.4, 0.5) is 5.69 Å². The average molecular weight is 309 g/mol. The zero-order chi connectivity index (χ0) is 16.9. The van der Waals surface area contributed by atoms with Gasteiger partial charge in [-0.2, -0.15) is 0 Å². The predicted molar refractivity (Wildman–Crippen MR) is 83.8 cm³/mol. The molecule has 2 atom stereocenters. The largest absolute Gasteiger partial charge is 0.391 e. The molecule has 2 amide bonds. The summed E-state index contributed by atoms with van der Waals surface area (Å²) in [6, 6.07) is 0.862. The molecule has 22 heavy (non-hydrogen) atoms. The van der Waals surface area contributed by atoms with E-state index in [0.717, 1.165) is 0 Å². The molecule has 4 N–H and O–H groups in total. The van der Waals surface area contributed by atoms with Gasteiger partial charge in [-0.25, -0.2) is 0 Å². The van der Waals surface area contributed by atoms with Gasteiger partial charge >= 0.3 is 0 Å². The molecule has 7 nitrogen and oxygen atoms in total. The lowest BCUT2D eigenvalue weighted by molar-refractivity contribution is -0.114. The van der Waals surface area contributed by atoms with Gasteiger partial charge in [-0.1, -0.05) is 20.8 Å². The third-order valence-corrected chi connectivity index (χ3v) is 3.32. The first kappa shape index (κ1) is 17.9. The quantitative estimate of drug-likeness (QED) is 0.624. The molecule has 2 unspecified atom stereocenters. The molecule has 0 aromatic carbocycles. The van der Waals surface area contributed by atoms with Crippen molar-refractivity contribution in [3.8, 4) is 0 Å². The van der Waals surface area contributed by atoms with E-state index in [-0.39, 0.29) is 17.4 Å². The number of nitrogens with one attached hydrogen (secondary N) is 3. The molecule has 0 saturated carbocycles. The van der Waals surface area contributed by atoms with Gasteiger partial charge in [0, 0.05) is 13.1 Å². The van der Waals surface area contributed by atoms with Crippen molar-refractivity contribution in [3.05, 3.63) is 28.2 Å². The van der Waals surface area contributed by atoms with Crippen molar-refractivity contribution in [2.45, 2.75) is 46.3 Å². The van der Waals surface area contributed by atoms with Crippen LogP contribution in [0, 0.1) is 5.92 Å². The van der Waals surface area contributed by atoms with Crippen molar-refractivity contribution in [1.82, 2.24) is 10.3 Å². The third kappa shape index (κ3) is 4.70. The zero-order valence-electron chi connectivity index (χ0n) is 13.3. The Morgan fingerprint density at radius 1 is 1.36 bits per heavy atom. The minimum Gasteiger partial charge on any atom is -0.391 e. The van der Waals surface area contributed by atoms with Crippen molar-refractivity contribution < 1.29 is 14.7 Å². The topological polar surface area (TPSA) is 111 Å². The maximum absolute atomic E-state index is 12.2. The van der Waals surface area contributed by atoms with Crippen LogP contribution in [0.1, 0.15) is 44.5 Å².